The molecule has 0 saturated heterocycles. The van der Waals surface area contributed by atoms with Crippen molar-refractivity contribution in [2.75, 3.05) is 0 Å². The molecule has 0 aliphatic carbocycles. The van der Waals surface area contributed by atoms with Crippen molar-refractivity contribution in [2.24, 2.45) is 0 Å². The summed E-state index contributed by atoms with van der Waals surface area (Å²) in [6, 6.07) is 26.2. The van der Waals surface area contributed by atoms with E-state index in [-0.39, 0.29) is 11.7 Å². The van der Waals surface area contributed by atoms with Gasteiger partial charge in [0.2, 0.25) is 0 Å². The van der Waals surface area contributed by atoms with Crippen molar-refractivity contribution in [1.82, 2.24) is 0 Å². The molecule has 0 aliphatic heterocycles. The first-order valence-corrected chi connectivity index (χ1v) is 10.2. The van der Waals surface area contributed by atoms with Gasteiger partial charge >= 0.3 is 0 Å². The van der Waals surface area contributed by atoms with Gasteiger partial charge in [0.05, 0.1) is 11.6 Å². The van der Waals surface area contributed by atoms with Crippen LogP contribution in [0.15, 0.2) is 89.9 Å². The molecule has 0 saturated carbocycles. The molecule has 0 aliphatic rings. The van der Waals surface area contributed by atoms with Crippen LogP contribution < -0.4 is 0 Å². The number of benzene rings is 3. The Morgan fingerprint density at radius 3 is 2.28 bits per heavy atom. The van der Waals surface area contributed by atoms with Crippen LogP contribution in [0.25, 0.3) is 11.1 Å². The number of halogens is 1. The van der Waals surface area contributed by atoms with E-state index in [0.717, 1.165) is 21.2 Å². The summed E-state index contributed by atoms with van der Waals surface area (Å²) in [5.74, 6) is 0.00787. The fraction of sp³-hybridized carbons (Fsp3) is 0.154. The monoisotopic (exact) mass is 445 g/mol. The Labute approximate surface area is 181 Å². The Hall–Kier alpha value is -2.96. The molecular weight excluding hydrogens is 422 g/mol. The molecule has 3 aromatic carbocycles. The Morgan fingerprint density at radius 1 is 1.07 bits per heavy atom. The van der Waals surface area contributed by atoms with E-state index < -0.39 is 0 Å². The number of carbonyl (C=O) groups excluding carboxylic acids is 1. The Balaban J connectivity index is 0.000000313. The number of allylic oxidation sites excluding steroid dienone is 1. The van der Waals surface area contributed by atoms with E-state index in [1.807, 2.05) is 67.6 Å². The average molecular weight is 446 g/mol. The van der Waals surface area contributed by atoms with Crippen LogP contribution in [-0.2, 0) is 4.79 Å². The number of rotatable bonds is 5. The summed E-state index contributed by atoms with van der Waals surface area (Å²) in [5.41, 5.74) is 4.93. The van der Waals surface area contributed by atoms with Gasteiger partial charge < -0.3 is 0 Å². The molecule has 0 spiro atoms. The van der Waals surface area contributed by atoms with Crippen molar-refractivity contribution >= 4 is 21.7 Å². The van der Waals surface area contributed by atoms with E-state index in [4.69, 9.17) is 0 Å². The second-order valence-corrected chi connectivity index (χ2v) is 7.77. The van der Waals surface area contributed by atoms with E-state index in [0.29, 0.717) is 12.0 Å². The second-order valence-electron chi connectivity index (χ2n) is 6.85. The minimum Gasteiger partial charge on any atom is -0.295 e. The molecule has 3 aromatic rings. The van der Waals surface area contributed by atoms with Crippen LogP contribution in [0.2, 0.25) is 0 Å². The smallest absolute Gasteiger partial charge is 0.155 e. The summed E-state index contributed by atoms with van der Waals surface area (Å²) in [6.07, 6.45) is 1.71. The fourth-order valence-electron chi connectivity index (χ4n) is 2.92. The molecule has 0 amide bonds. The number of carbonyl (C=O) groups is 1. The summed E-state index contributed by atoms with van der Waals surface area (Å²) in [5, 5.41) is 9.37. The van der Waals surface area contributed by atoms with Crippen LogP contribution in [0.4, 0.5) is 0 Å². The van der Waals surface area contributed by atoms with E-state index in [1.54, 1.807) is 0 Å². The molecule has 0 N–H and O–H groups in total. The largest absolute Gasteiger partial charge is 0.295 e. The normalized spacial score (nSPS) is 10.8. The first kappa shape index (κ1) is 22.3. The lowest BCUT2D eigenvalue weighted by atomic mass is 9.90. The van der Waals surface area contributed by atoms with E-state index in [2.05, 4.69) is 47.6 Å². The predicted molar refractivity (Wildman–Crippen MR) is 124 cm³/mol. The molecule has 0 fully saturated rings. The Bertz CT molecular complexity index is 980. The number of hydrogen-bond acceptors (Lipinski definition) is 2. The molecule has 3 rings (SSSR count). The highest BCUT2D eigenvalue weighted by Gasteiger charge is 2.14. The zero-order valence-corrected chi connectivity index (χ0v) is 18.3. The minimum atomic E-state index is -0.00137. The van der Waals surface area contributed by atoms with E-state index >= 15 is 0 Å². The molecule has 2 nitrogen and oxygen atoms in total. The van der Waals surface area contributed by atoms with Gasteiger partial charge in [0.25, 0.3) is 0 Å². The highest BCUT2D eigenvalue weighted by atomic mass is 79.9. The van der Waals surface area contributed by atoms with Crippen LogP contribution in [0, 0.1) is 18.3 Å². The third kappa shape index (κ3) is 6.85. The molecular formula is C26H24BrNO. The zero-order chi connectivity index (χ0) is 21.2. The van der Waals surface area contributed by atoms with Gasteiger partial charge in [-0.3, -0.25) is 4.79 Å². The van der Waals surface area contributed by atoms with Crippen molar-refractivity contribution < 1.29 is 4.79 Å². The van der Waals surface area contributed by atoms with Crippen molar-refractivity contribution in [3.63, 3.8) is 0 Å². The van der Waals surface area contributed by atoms with Gasteiger partial charge in [0.15, 0.2) is 5.78 Å². The minimum absolute atomic E-state index is 0.00137. The Morgan fingerprint density at radius 2 is 1.72 bits per heavy atom. The third-order valence-electron chi connectivity index (χ3n) is 4.56. The standard InChI is InChI=1S/C19H17NO.C7H7Br/c1-3-18(21)11-14(2)19-10-9-16(12-17(19)13-20)15-7-5-4-6-8-15;1-6-2-4-7(8)5-3-6/h3-10,12,14H,1,11H2,2H3;2-5H,1H3. The number of ketones is 1. The second kappa shape index (κ2) is 11.1. The van der Waals surface area contributed by atoms with Crippen molar-refractivity contribution in [1.29, 1.82) is 5.26 Å². The number of hydrogen-bond donors (Lipinski definition) is 0. The maximum atomic E-state index is 11.5. The average Bonchev–Trinajstić information content (AvgIpc) is 2.76. The molecule has 0 heterocycles. The lowest BCUT2D eigenvalue weighted by molar-refractivity contribution is -0.114. The highest BCUT2D eigenvalue weighted by molar-refractivity contribution is 9.10. The van der Waals surface area contributed by atoms with Gasteiger partial charge in [-0.25, -0.2) is 0 Å². The summed E-state index contributed by atoms with van der Waals surface area (Å²) in [6.45, 7) is 7.52. The topological polar surface area (TPSA) is 40.9 Å². The molecule has 0 radical (unpaired) electrons. The predicted octanol–water partition coefficient (Wildman–Crippen LogP) is 7.23. The maximum Gasteiger partial charge on any atom is 0.155 e. The molecule has 1 atom stereocenters. The van der Waals surface area contributed by atoms with Crippen molar-refractivity contribution in [3.05, 3.63) is 107 Å². The van der Waals surface area contributed by atoms with Crippen LogP contribution in [0.1, 0.15) is 36.0 Å². The van der Waals surface area contributed by atoms with Crippen LogP contribution in [0.5, 0.6) is 0 Å². The van der Waals surface area contributed by atoms with Crippen LogP contribution >= 0.6 is 15.9 Å². The quantitative estimate of drug-likeness (QED) is 0.388. The third-order valence-corrected chi connectivity index (χ3v) is 5.09. The Kier molecular flexibility index (Phi) is 8.58. The van der Waals surface area contributed by atoms with Crippen LogP contribution in [0.3, 0.4) is 0 Å². The van der Waals surface area contributed by atoms with Gasteiger partial charge in [-0.2, -0.15) is 5.26 Å². The molecule has 3 heteroatoms. The molecule has 1 unspecified atom stereocenters. The van der Waals surface area contributed by atoms with Gasteiger partial charge in [-0.15, -0.1) is 0 Å². The first-order valence-electron chi connectivity index (χ1n) is 9.41. The van der Waals surface area contributed by atoms with E-state index in [1.165, 1.54) is 11.6 Å². The number of aryl methyl sites for hydroxylation is 1. The summed E-state index contributed by atoms with van der Waals surface area (Å²) in [4.78, 5) is 11.5. The molecule has 29 heavy (non-hydrogen) atoms. The van der Waals surface area contributed by atoms with Crippen molar-refractivity contribution in [2.45, 2.75) is 26.2 Å². The van der Waals surface area contributed by atoms with Gasteiger partial charge in [-0.05, 0) is 53.8 Å². The summed E-state index contributed by atoms with van der Waals surface area (Å²) < 4.78 is 1.14. The van der Waals surface area contributed by atoms with Gasteiger partial charge in [0, 0.05) is 10.9 Å². The highest BCUT2D eigenvalue weighted by Crippen LogP contribution is 2.28. The fourth-order valence-corrected chi connectivity index (χ4v) is 3.19. The SMILES string of the molecule is C=CC(=O)CC(C)c1ccc(-c2ccccc2)cc1C#N.Cc1ccc(Br)cc1. The molecule has 0 bridgehead atoms. The van der Waals surface area contributed by atoms with Crippen molar-refractivity contribution in [3.8, 4) is 17.2 Å². The van der Waals surface area contributed by atoms with Gasteiger partial charge in [-0.1, -0.05) is 89.6 Å². The summed E-state index contributed by atoms with van der Waals surface area (Å²) in [7, 11) is 0. The summed E-state index contributed by atoms with van der Waals surface area (Å²) >= 11 is 3.35. The maximum absolute atomic E-state index is 11.5. The molecule has 146 valence electrons. The molecule has 0 aromatic heterocycles. The van der Waals surface area contributed by atoms with Crippen LogP contribution in [-0.4, -0.2) is 5.78 Å². The lowest BCUT2D eigenvalue weighted by Crippen LogP contribution is -2.03. The van der Waals surface area contributed by atoms with Gasteiger partial charge in [0.1, 0.15) is 0 Å². The first-order chi connectivity index (χ1) is 13.9. The van der Waals surface area contributed by atoms with E-state index in [9.17, 15) is 10.1 Å². The number of nitriles is 1. The zero-order valence-electron chi connectivity index (χ0n) is 16.7. The lowest BCUT2D eigenvalue weighted by Gasteiger charge is -2.13. The number of nitrogens with zero attached hydrogens (tertiary/aromatic N) is 1.